The van der Waals surface area contributed by atoms with Crippen LogP contribution in [0, 0.1) is 5.82 Å². The summed E-state index contributed by atoms with van der Waals surface area (Å²) in [5.74, 6) is -0.910. The molecular formula is C22H21FN4O5. The lowest BCUT2D eigenvalue weighted by Gasteiger charge is -2.10. The zero-order chi connectivity index (χ0) is 23.1. The number of ether oxygens (including phenoxy) is 1. The second kappa shape index (κ2) is 10.2. The number of nitrogens with zero attached hydrogens (tertiary/aromatic N) is 1. The molecule has 0 unspecified atom stereocenters. The molecule has 3 N–H and O–H groups in total. The Bertz CT molecular complexity index is 1230. The minimum Gasteiger partial charge on any atom is -0.492 e. The van der Waals surface area contributed by atoms with Crippen molar-refractivity contribution in [1.29, 1.82) is 0 Å². The monoisotopic (exact) mass is 440 g/mol. The Morgan fingerprint density at radius 3 is 2.50 bits per heavy atom. The molecule has 0 aliphatic carbocycles. The van der Waals surface area contributed by atoms with E-state index in [0.29, 0.717) is 18.0 Å². The third-order valence-electron chi connectivity index (χ3n) is 4.45. The van der Waals surface area contributed by atoms with Gasteiger partial charge in [0, 0.05) is 24.4 Å². The van der Waals surface area contributed by atoms with Gasteiger partial charge < -0.3 is 20.4 Å². The molecule has 0 aliphatic rings. The van der Waals surface area contributed by atoms with Crippen molar-refractivity contribution in [2.45, 2.75) is 13.5 Å². The maximum atomic E-state index is 13.9. The van der Waals surface area contributed by atoms with Crippen molar-refractivity contribution >= 4 is 17.5 Å². The van der Waals surface area contributed by atoms with Gasteiger partial charge in [-0.2, -0.15) is 0 Å². The number of halogens is 1. The lowest BCUT2D eigenvalue weighted by Crippen LogP contribution is -2.39. The molecule has 0 saturated heterocycles. The summed E-state index contributed by atoms with van der Waals surface area (Å²) in [7, 11) is 0. The summed E-state index contributed by atoms with van der Waals surface area (Å²) in [6.07, 6.45) is 1.03. The van der Waals surface area contributed by atoms with Crippen LogP contribution < -0.4 is 26.6 Å². The van der Waals surface area contributed by atoms with Gasteiger partial charge in [-0.05, 0) is 30.3 Å². The molecule has 3 aromatic rings. The lowest BCUT2D eigenvalue weighted by atomic mass is 10.2. The van der Waals surface area contributed by atoms with Gasteiger partial charge >= 0.3 is 5.69 Å². The largest absolute Gasteiger partial charge is 0.492 e. The number of amides is 2. The van der Waals surface area contributed by atoms with E-state index in [1.54, 1.807) is 30.3 Å². The van der Waals surface area contributed by atoms with Gasteiger partial charge in [0.2, 0.25) is 5.91 Å². The summed E-state index contributed by atoms with van der Waals surface area (Å²) in [6, 6.07) is 12.1. The highest BCUT2D eigenvalue weighted by molar-refractivity contribution is 6.03. The first-order chi connectivity index (χ1) is 15.3. The van der Waals surface area contributed by atoms with E-state index in [9.17, 15) is 23.6 Å². The number of H-pyrrole nitrogens is 1. The van der Waals surface area contributed by atoms with Crippen LogP contribution in [0.25, 0.3) is 0 Å². The highest BCUT2D eigenvalue weighted by Crippen LogP contribution is 2.16. The summed E-state index contributed by atoms with van der Waals surface area (Å²) in [5, 5.41) is 5.17. The molecule has 32 heavy (non-hydrogen) atoms. The molecule has 0 fully saturated rings. The standard InChI is InChI=1S/C22H21FN4O5/c1-14(28)24-10-11-32-17-8-6-16(7-9-17)26-20(29)18-12-25-22(31)27(21(18)30)13-15-4-2-3-5-19(15)23/h2-9,12H,10-11,13H2,1H3,(H,24,28)(H,25,31)(H,26,29). The van der Waals surface area contributed by atoms with Gasteiger partial charge in [-0.1, -0.05) is 18.2 Å². The first kappa shape index (κ1) is 22.5. The molecule has 1 heterocycles. The number of aromatic nitrogens is 2. The number of nitrogens with one attached hydrogen (secondary N) is 3. The van der Waals surface area contributed by atoms with E-state index in [-0.39, 0.29) is 30.2 Å². The second-order valence-electron chi connectivity index (χ2n) is 6.80. The van der Waals surface area contributed by atoms with E-state index in [2.05, 4.69) is 15.6 Å². The molecule has 0 radical (unpaired) electrons. The van der Waals surface area contributed by atoms with E-state index in [1.807, 2.05) is 0 Å². The normalized spacial score (nSPS) is 10.4. The van der Waals surface area contributed by atoms with Gasteiger partial charge in [0.25, 0.3) is 11.5 Å². The van der Waals surface area contributed by atoms with Gasteiger partial charge in [0.05, 0.1) is 13.1 Å². The third kappa shape index (κ3) is 5.69. The highest BCUT2D eigenvalue weighted by atomic mass is 19.1. The van der Waals surface area contributed by atoms with Crippen molar-refractivity contribution in [1.82, 2.24) is 14.9 Å². The number of carbonyl (C=O) groups excluding carboxylic acids is 2. The fraction of sp³-hybridized carbons (Fsp3) is 0.182. The zero-order valence-corrected chi connectivity index (χ0v) is 17.2. The van der Waals surface area contributed by atoms with E-state index >= 15 is 0 Å². The Labute approximate surface area is 181 Å². The van der Waals surface area contributed by atoms with E-state index in [0.717, 1.165) is 10.8 Å². The number of rotatable bonds is 8. The molecule has 0 aliphatic heterocycles. The van der Waals surface area contributed by atoms with Crippen LogP contribution in [0.3, 0.4) is 0 Å². The van der Waals surface area contributed by atoms with E-state index in [1.165, 1.54) is 25.1 Å². The van der Waals surface area contributed by atoms with Crippen molar-refractivity contribution in [2.75, 3.05) is 18.5 Å². The highest BCUT2D eigenvalue weighted by Gasteiger charge is 2.16. The smallest absolute Gasteiger partial charge is 0.328 e. The van der Waals surface area contributed by atoms with Crippen LogP contribution in [0.15, 0.2) is 64.3 Å². The minimum absolute atomic E-state index is 0.145. The van der Waals surface area contributed by atoms with Crippen molar-refractivity contribution in [3.63, 3.8) is 0 Å². The topological polar surface area (TPSA) is 122 Å². The number of aromatic amines is 1. The number of hydrogen-bond donors (Lipinski definition) is 3. The summed E-state index contributed by atoms with van der Waals surface area (Å²) in [6.45, 7) is 1.74. The Hall–Kier alpha value is -4.21. The first-order valence-electron chi connectivity index (χ1n) is 9.69. The number of carbonyl (C=O) groups is 2. The predicted molar refractivity (Wildman–Crippen MR) is 115 cm³/mol. The van der Waals surface area contributed by atoms with Crippen molar-refractivity contribution < 1.29 is 18.7 Å². The molecule has 3 rings (SSSR count). The maximum absolute atomic E-state index is 13.9. The first-order valence-corrected chi connectivity index (χ1v) is 9.69. The van der Waals surface area contributed by atoms with Gasteiger partial charge in [-0.3, -0.25) is 19.0 Å². The lowest BCUT2D eigenvalue weighted by molar-refractivity contribution is -0.119. The number of hydrogen-bond acceptors (Lipinski definition) is 5. The van der Waals surface area contributed by atoms with Crippen molar-refractivity contribution in [3.8, 4) is 5.75 Å². The number of anilines is 1. The van der Waals surface area contributed by atoms with Gasteiger partial charge in [-0.15, -0.1) is 0 Å². The Balaban J connectivity index is 1.70. The van der Waals surface area contributed by atoms with Crippen LogP contribution in [-0.2, 0) is 11.3 Å². The maximum Gasteiger partial charge on any atom is 0.328 e. The quantitative estimate of drug-likeness (QED) is 0.458. The number of benzene rings is 2. The molecule has 10 heteroatoms. The molecule has 166 valence electrons. The molecule has 0 atom stereocenters. The van der Waals surface area contributed by atoms with Crippen LogP contribution in [0.5, 0.6) is 5.75 Å². The van der Waals surface area contributed by atoms with Crippen LogP contribution in [0.1, 0.15) is 22.8 Å². The molecule has 0 spiro atoms. The molecule has 0 saturated carbocycles. The fourth-order valence-corrected chi connectivity index (χ4v) is 2.84. The molecular weight excluding hydrogens is 419 g/mol. The Kier molecular flexibility index (Phi) is 7.17. The molecule has 9 nitrogen and oxygen atoms in total. The Morgan fingerprint density at radius 2 is 1.81 bits per heavy atom. The van der Waals surface area contributed by atoms with Crippen molar-refractivity contribution in [3.05, 3.63) is 92.5 Å². The summed E-state index contributed by atoms with van der Waals surface area (Å²) in [5.41, 5.74) is -1.35. The summed E-state index contributed by atoms with van der Waals surface area (Å²) in [4.78, 5) is 50.5. The van der Waals surface area contributed by atoms with Gasteiger partial charge in [0.15, 0.2) is 0 Å². The average Bonchev–Trinajstić information content (AvgIpc) is 2.76. The third-order valence-corrected chi connectivity index (χ3v) is 4.45. The summed E-state index contributed by atoms with van der Waals surface area (Å²) >= 11 is 0. The second-order valence-corrected chi connectivity index (χ2v) is 6.80. The van der Waals surface area contributed by atoms with Crippen LogP contribution >= 0.6 is 0 Å². The van der Waals surface area contributed by atoms with E-state index < -0.39 is 23.0 Å². The van der Waals surface area contributed by atoms with Crippen molar-refractivity contribution in [2.24, 2.45) is 0 Å². The molecule has 1 aromatic heterocycles. The van der Waals surface area contributed by atoms with Crippen LogP contribution in [0.2, 0.25) is 0 Å². The summed E-state index contributed by atoms with van der Waals surface area (Å²) < 4.78 is 20.1. The zero-order valence-electron chi connectivity index (χ0n) is 17.2. The van der Waals surface area contributed by atoms with Gasteiger partial charge in [0.1, 0.15) is 23.7 Å². The molecule has 2 aromatic carbocycles. The van der Waals surface area contributed by atoms with Gasteiger partial charge in [-0.25, -0.2) is 9.18 Å². The van der Waals surface area contributed by atoms with E-state index in [4.69, 9.17) is 4.74 Å². The molecule has 2 amide bonds. The molecule has 0 bridgehead atoms. The Morgan fingerprint density at radius 1 is 1.09 bits per heavy atom. The minimum atomic E-state index is -0.840. The predicted octanol–water partition coefficient (Wildman–Crippen LogP) is 1.49. The van der Waals surface area contributed by atoms with Crippen LogP contribution in [-0.4, -0.2) is 34.5 Å². The SMILES string of the molecule is CC(=O)NCCOc1ccc(NC(=O)c2c[nH]c(=O)n(Cc3ccccc3F)c2=O)cc1. The fourth-order valence-electron chi connectivity index (χ4n) is 2.84. The van der Waals surface area contributed by atoms with Crippen LogP contribution in [0.4, 0.5) is 10.1 Å². The average molecular weight is 440 g/mol.